The summed E-state index contributed by atoms with van der Waals surface area (Å²) < 4.78 is 81.4. The quantitative estimate of drug-likeness (QED) is 0.518. The fourth-order valence-electron chi connectivity index (χ4n) is 3.47. The van der Waals surface area contributed by atoms with Crippen LogP contribution in [0.3, 0.4) is 0 Å². The second-order valence-electron chi connectivity index (χ2n) is 7.39. The Labute approximate surface area is 184 Å². The average Bonchev–Trinajstić information content (AvgIpc) is 3.04. The van der Waals surface area contributed by atoms with E-state index in [0.717, 1.165) is 27.2 Å². The van der Waals surface area contributed by atoms with E-state index >= 15 is 0 Å². The number of pyridine rings is 1. The van der Waals surface area contributed by atoms with Crippen molar-refractivity contribution < 1.29 is 35.8 Å². The maximum atomic E-state index is 14.4. The maximum absolute atomic E-state index is 14.4. The number of β-amino-alcohol motifs (C(OH)–C–C–N with tert-alkyl or cyclic N) is 1. The summed E-state index contributed by atoms with van der Waals surface area (Å²) in [5.74, 6) is -1.44. The van der Waals surface area contributed by atoms with Crippen molar-refractivity contribution >= 4 is 21.5 Å². The number of aliphatic hydroxyl groups excluding tert-OH is 1. The number of aromatic nitrogens is 4. The van der Waals surface area contributed by atoms with Gasteiger partial charge in [-0.2, -0.15) is 4.31 Å². The van der Waals surface area contributed by atoms with E-state index in [4.69, 9.17) is 0 Å². The zero-order valence-electron chi connectivity index (χ0n) is 17.0. The molecule has 3 aromatic heterocycles. The molecular weight excluding hydrogens is 472 g/mol. The number of alkyl halides is 3. The summed E-state index contributed by atoms with van der Waals surface area (Å²) in [6, 6.07) is 4.12. The van der Waals surface area contributed by atoms with E-state index in [1.54, 1.807) is 0 Å². The highest BCUT2D eigenvalue weighted by molar-refractivity contribution is 7.88. The molecule has 2 N–H and O–H groups in total. The number of nitrogens with zero attached hydrogens (tertiary/aromatic N) is 5. The van der Waals surface area contributed by atoms with Gasteiger partial charge in [0.2, 0.25) is 21.9 Å². The van der Waals surface area contributed by atoms with Gasteiger partial charge >= 0.3 is 6.36 Å². The van der Waals surface area contributed by atoms with Crippen molar-refractivity contribution in [1.82, 2.24) is 23.9 Å². The van der Waals surface area contributed by atoms with Crippen LogP contribution in [0.5, 0.6) is 5.88 Å². The van der Waals surface area contributed by atoms with Crippen molar-refractivity contribution in [3.63, 3.8) is 0 Å². The number of anilines is 1. The molecule has 0 radical (unpaired) electrons. The predicted molar refractivity (Wildman–Crippen MR) is 107 cm³/mol. The van der Waals surface area contributed by atoms with Gasteiger partial charge in [-0.15, -0.1) is 18.3 Å². The lowest BCUT2D eigenvalue weighted by Gasteiger charge is -2.34. The van der Waals surface area contributed by atoms with Gasteiger partial charge in [0.1, 0.15) is 5.52 Å². The monoisotopic (exact) mass is 490 g/mol. The highest BCUT2D eigenvalue weighted by Crippen LogP contribution is 2.27. The number of rotatable bonds is 5. The zero-order chi connectivity index (χ0) is 24.0. The van der Waals surface area contributed by atoms with E-state index in [0.29, 0.717) is 0 Å². The minimum atomic E-state index is -4.94. The Balaban J connectivity index is 1.61. The first-order valence-corrected chi connectivity index (χ1v) is 11.4. The molecule has 0 spiro atoms. The highest BCUT2D eigenvalue weighted by atomic mass is 32.2. The minimum absolute atomic E-state index is 0.00102. The van der Waals surface area contributed by atoms with Gasteiger partial charge in [0.05, 0.1) is 36.0 Å². The number of sulfonamides is 1. The van der Waals surface area contributed by atoms with Crippen molar-refractivity contribution in [2.75, 3.05) is 24.7 Å². The maximum Gasteiger partial charge on any atom is 0.574 e. The Morgan fingerprint density at radius 3 is 2.73 bits per heavy atom. The molecule has 10 nitrogen and oxygen atoms in total. The molecule has 33 heavy (non-hydrogen) atoms. The number of piperidine rings is 1. The van der Waals surface area contributed by atoms with Crippen molar-refractivity contribution in [3.05, 3.63) is 36.3 Å². The number of hydrogen-bond acceptors (Lipinski definition) is 8. The lowest BCUT2D eigenvalue weighted by Crippen LogP contribution is -2.51. The fraction of sp³-hybridized carbons (Fsp3) is 0.389. The van der Waals surface area contributed by atoms with Crippen LogP contribution < -0.4 is 10.1 Å². The van der Waals surface area contributed by atoms with E-state index in [2.05, 4.69) is 25.1 Å². The SMILES string of the molecule is CS(=O)(=O)N1CC[C@@H](Nc2ncc3c(F)cc(-c4cccc(OC(F)(F)F)n4)n3n2)[C@H](O)C1. The molecule has 178 valence electrons. The van der Waals surface area contributed by atoms with Crippen molar-refractivity contribution in [1.29, 1.82) is 0 Å². The predicted octanol–water partition coefficient (Wildman–Crippen LogP) is 1.64. The van der Waals surface area contributed by atoms with Crippen molar-refractivity contribution in [2.24, 2.45) is 0 Å². The molecule has 1 saturated heterocycles. The number of hydrogen-bond donors (Lipinski definition) is 2. The number of fused-ring (bicyclic) bond motifs is 1. The Kier molecular flexibility index (Phi) is 5.88. The van der Waals surface area contributed by atoms with Crippen LogP contribution >= 0.6 is 0 Å². The molecule has 2 atom stereocenters. The summed E-state index contributed by atoms with van der Waals surface area (Å²) in [6.45, 7) is 0.0627. The summed E-state index contributed by atoms with van der Waals surface area (Å²) in [4.78, 5) is 7.78. The van der Waals surface area contributed by atoms with Crippen LogP contribution in [0.15, 0.2) is 30.5 Å². The average molecular weight is 490 g/mol. The second-order valence-corrected chi connectivity index (χ2v) is 9.38. The minimum Gasteiger partial charge on any atom is -0.390 e. The fourth-order valence-corrected chi connectivity index (χ4v) is 4.33. The second kappa shape index (κ2) is 8.39. The molecule has 0 saturated carbocycles. The Morgan fingerprint density at radius 1 is 1.30 bits per heavy atom. The van der Waals surface area contributed by atoms with Crippen molar-refractivity contribution in [2.45, 2.75) is 24.9 Å². The van der Waals surface area contributed by atoms with Crippen LogP contribution in [0.25, 0.3) is 16.9 Å². The van der Waals surface area contributed by atoms with E-state index in [1.165, 1.54) is 18.3 Å². The molecule has 1 fully saturated rings. The third-order valence-electron chi connectivity index (χ3n) is 5.00. The van der Waals surface area contributed by atoms with Crippen LogP contribution in [-0.4, -0.2) is 75.3 Å². The summed E-state index contributed by atoms with van der Waals surface area (Å²) >= 11 is 0. The van der Waals surface area contributed by atoms with Crippen LogP contribution in [0.2, 0.25) is 0 Å². The molecule has 0 amide bonds. The van der Waals surface area contributed by atoms with Crippen molar-refractivity contribution in [3.8, 4) is 17.3 Å². The molecule has 0 bridgehead atoms. The molecule has 0 unspecified atom stereocenters. The zero-order valence-corrected chi connectivity index (χ0v) is 17.8. The molecule has 1 aliphatic heterocycles. The molecule has 1 aliphatic rings. The van der Waals surface area contributed by atoms with E-state index in [9.17, 15) is 31.1 Å². The molecule has 15 heteroatoms. The summed E-state index contributed by atoms with van der Waals surface area (Å²) in [5, 5.41) is 17.4. The number of aliphatic hydroxyl groups is 1. The lowest BCUT2D eigenvalue weighted by molar-refractivity contribution is -0.276. The molecule has 3 aromatic rings. The normalized spacial score (nSPS) is 20.2. The van der Waals surface area contributed by atoms with Gasteiger partial charge in [0.15, 0.2) is 5.82 Å². The largest absolute Gasteiger partial charge is 0.574 e. The first-order valence-electron chi connectivity index (χ1n) is 9.58. The van der Waals surface area contributed by atoms with Gasteiger partial charge in [0, 0.05) is 25.2 Å². The Bertz CT molecular complexity index is 1280. The first kappa shape index (κ1) is 23.1. The number of ether oxygens (including phenoxy) is 1. The van der Waals surface area contributed by atoms with E-state index in [-0.39, 0.29) is 42.4 Å². The number of nitrogens with one attached hydrogen (secondary N) is 1. The smallest absolute Gasteiger partial charge is 0.390 e. The molecular formula is C18H18F4N6O4S. The molecule has 4 heterocycles. The topological polar surface area (TPSA) is 122 Å². The van der Waals surface area contributed by atoms with Gasteiger partial charge in [-0.3, -0.25) is 0 Å². The highest BCUT2D eigenvalue weighted by Gasteiger charge is 2.33. The molecule has 0 aliphatic carbocycles. The van der Waals surface area contributed by atoms with Gasteiger partial charge in [-0.1, -0.05) is 6.07 Å². The van der Waals surface area contributed by atoms with E-state index < -0.39 is 40.2 Å². The van der Waals surface area contributed by atoms with E-state index in [1.807, 2.05) is 0 Å². The van der Waals surface area contributed by atoms with Gasteiger partial charge in [-0.25, -0.2) is 27.3 Å². The van der Waals surface area contributed by atoms with Crippen LogP contribution in [-0.2, 0) is 10.0 Å². The van der Waals surface area contributed by atoms with Crippen LogP contribution in [0.1, 0.15) is 6.42 Å². The Hall–Kier alpha value is -3.04. The third kappa shape index (κ3) is 5.15. The summed E-state index contributed by atoms with van der Waals surface area (Å²) in [7, 11) is -3.45. The lowest BCUT2D eigenvalue weighted by atomic mass is 10.0. The number of halogens is 4. The van der Waals surface area contributed by atoms with Crippen LogP contribution in [0.4, 0.5) is 23.5 Å². The molecule has 4 rings (SSSR count). The summed E-state index contributed by atoms with van der Waals surface area (Å²) in [6.07, 6.45) is -3.50. The van der Waals surface area contributed by atoms with Gasteiger partial charge < -0.3 is 15.2 Å². The first-order chi connectivity index (χ1) is 15.4. The molecule has 0 aromatic carbocycles. The van der Waals surface area contributed by atoms with Crippen LogP contribution in [0, 0.1) is 5.82 Å². The Morgan fingerprint density at radius 2 is 2.06 bits per heavy atom. The van der Waals surface area contributed by atoms with Gasteiger partial charge in [-0.05, 0) is 12.5 Å². The summed E-state index contributed by atoms with van der Waals surface area (Å²) in [5.41, 5.74) is -0.0262. The standard InChI is InChI=1S/C18H18F4N6O4S/c1-33(30,31)27-6-5-12(15(29)9-27)25-17-23-8-14-10(19)7-13(28(14)26-17)11-3-2-4-16(24-11)32-18(20,21)22/h2-4,7-8,12,15,29H,5-6,9H2,1H3,(H,25,26)/t12-,15-/m1/s1. The van der Waals surface area contributed by atoms with Gasteiger partial charge in [0.25, 0.3) is 0 Å². The third-order valence-corrected chi connectivity index (χ3v) is 6.27.